The predicted octanol–water partition coefficient (Wildman–Crippen LogP) is 2.59. The molecule has 2 aromatic rings. The van der Waals surface area contributed by atoms with Crippen LogP contribution < -0.4 is 10.9 Å². The Kier molecular flexibility index (Phi) is 4.57. The molecule has 0 saturated carbocycles. The topological polar surface area (TPSA) is 80.3 Å². The highest BCUT2D eigenvalue weighted by molar-refractivity contribution is 7.14. The molecule has 120 valence electrons. The standard InChI is InChI=1S/C16H17N3O3S/c1-10-7-12(15(21)22-10)8-14(20)18-19-16-17-13(9-23-16)11-5-3-2-4-6-11/h2-6,9-10,12H,7-8H2,1H3,(H,17,19)(H,18,20)/t10-,12-/m1/s1. The molecule has 0 radical (unpaired) electrons. The molecule has 7 heteroatoms. The Morgan fingerprint density at radius 2 is 2.17 bits per heavy atom. The van der Waals surface area contributed by atoms with Gasteiger partial charge in [0.05, 0.1) is 17.7 Å². The molecule has 6 nitrogen and oxygen atoms in total. The number of nitrogens with zero attached hydrogens (tertiary/aromatic N) is 1. The first-order chi connectivity index (χ1) is 11.1. The zero-order chi connectivity index (χ0) is 16.2. The summed E-state index contributed by atoms with van der Waals surface area (Å²) in [4.78, 5) is 27.8. The summed E-state index contributed by atoms with van der Waals surface area (Å²) in [6, 6.07) is 9.80. The van der Waals surface area contributed by atoms with Crippen LogP contribution in [0.1, 0.15) is 19.8 Å². The average Bonchev–Trinajstić information content (AvgIpc) is 3.13. The maximum absolute atomic E-state index is 11.9. The van der Waals surface area contributed by atoms with E-state index in [-0.39, 0.29) is 30.3 Å². The van der Waals surface area contributed by atoms with Crippen molar-refractivity contribution in [3.63, 3.8) is 0 Å². The molecular formula is C16H17N3O3S. The molecule has 2 atom stereocenters. The maximum atomic E-state index is 11.9. The van der Waals surface area contributed by atoms with Gasteiger partial charge < -0.3 is 4.74 Å². The summed E-state index contributed by atoms with van der Waals surface area (Å²) in [5.41, 5.74) is 7.23. The minimum absolute atomic E-state index is 0.111. The lowest BCUT2D eigenvalue weighted by Crippen LogP contribution is -2.31. The number of benzene rings is 1. The van der Waals surface area contributed by atoms with E-state index in [4.69, 9.17) is 4.74 Å². The fourth-order valence-corrected chi connectivity index (χ4v) is 3.15. The Morgan fingerprint density at radius 3 is 2.87 bits per heavy atom. The predicted molar refractivity (Wildman–Crippen MR) is 87.6 cm³/mol. The molecule has 1 fully saturated rings. The summed E-state index contributed by atoms with van der Waals surface area (Å²) < 4.78 is 5.04. The van der Waals surface area contributed by atoms with Gasteiger partial charge in [0.15, 0.2) is 0 Å². The van der Waals surface area contributed by atoms with Crippen molar-refractivity contribution in [2.45, 2.75) is 25.9 Å². The van der Waals surface area contributed by atoms with Gasteiger partial charge in [-0.3, -0.25) is 20.4 Å². The minimum atomic E-state index is -0.358. The van der Waals surface area contributed by atoms with Gasteiger partial charge in [-0.05, 0) is 13.3 Å². The van der Waals surface area contributed by atoms with E-state index in [1.54, 1.807) is 0 Å². The van der Waals surface area contributed by atoms with Crippen LogP contribution in [0.3, 0.4) is 0 Å². The Labute approximate surface area is 137 Å². The van der Waals surface area contributed by atoms with E-state index < -0.39 is 0 Å². The zero-order valence-electron chi connectivity index (χ0n) is 12.6. The third-order valence-corrected chi connectivity index (χ3v) is 4.34. The molecule has 1 aliphatic heterocycles. The number of anilines is 1. The minimum Gasteiger partial charge on any atom is -0.462 e. The fraction of sp³-hybridized carbons (Fsp3) is 0.312. The molecular weight excluding hydrogens is 314 g/mol. The second-order valence-corrected chi connectivity index (χ2v) is 6.32. The summed E-state index contributed by atoms with van der Waals surface area (Å²) in [6.07, 6.45) is 0.593. The normalized spacial score (nSPS) is 20.1. The van der Waals surface area contributed by atoms with Gasteiger partial charge in [0.2, 0.25) is 11.0 Å². The van der Waals surface area contributed by atoms with E-state index in [1.807, 2.05) is 42.6 Å². The summed E-state index contributed by atoms with van der Waals surface area (Å²) in [5, 5.41) is 2.51. The molecule has 0 aliphatic carbocycles. The number of carbonyl (C=O) groups excluding carboxylic acids is 2. The van der Waals surface area contributed by atoms with Gasteiger partial charge in [-0.2, -0.15) is 0 Å². The number of hydrogen-bond acceptors (Lipinski definition) is 6. The lowest BCUT2D eigenvalue weighted by Gasteiger charge is -2.07. The Bertz CT molecular complexity index is 702. The molecule has 1 aromatic carbocycles. The van der Waals surface area contributed by atoms with Crippen molar-refractivity contribution in [3.8, 4) is 11.3 Å². The Hall–Kier alpha value is -2.41. The number of cyclic esters (lactones) is 1. The van der Waals surface area contributed by atoms with Crippen LogP contribution in [0.2, 0.25) is 0 Å². The van der Waals surface area contributed by atoms with Crippen molar-refractivity contribution in [3.05, 3.63) is 35.7 Å². The van der Waals surface area contributed by atoms with E-state index in [1.165, 1.54) is 11.3 Å². The SMILES string of the molecule is C[C@@H]1C[C@H](CC(=O)NNc2nc(-c3ccccc3)cs2)C(=O)O1. The average molecular weight is 331 g/mol. The molecule has 1 aromatic heterocycles. The third-order valence-electron chi connectivity index (χ3n) is 3.58. The number of ether oxygens (including phenoxy) is 1. The summed E-state index contributed by atoms with van der Waals surface area (Å²) >= 11 is 1.40. The lowest BCUT2D eigenvalue weighted by molar-refractivity contribution is -0.145. The van der Waals surface area contributed by atoms with Crippen LogP contribution in [0.25, 0.3) is 11.3 Å². The monoisotopic (exact) mass is 331 g/mol. The van der Waals surface area contributed by atoms with Crippen molar-refractivity contribution in [1.29, 1.82) is 0 Å². The summed E-state index contributed by atoms with van der Waals surface area (Å²) in [7, 11) is 0. The number of thiazole rings is 1. The van der Waals surface area contributed by atoms with Gasteiger partial charge in [0.25, 0.3) is 0 Å². The smallest absolute Gasteiger partial charge is 0.309 e. The van der Waals surface area contributed by atoms with Gasteiger partial charge in [0.1, 0.15) is 0 Å². The van der Waals surface area contributed by atoms with Gasteiger partial charge in [-0.1, -0.05) is 30.3 Å². The van der Waals surface area contributed by atoms with E-state index in [9.17, 15) is 9.59 Å². The van der Waals surface area contributed by atoms with E-state index in [0.717, 1.165) is 11.3 Å². The molecule has 0 bridgehead atoms. The van der Waals surface area contributed by atoms with Crippen LogP contribution in [-0.4, -0.2) is 23.0 Å². The van der Waals surface area contributed by atoms with Crippen molar-refractivity contribution in [2.24, 2.45) is 5.92 Å². The van der Waals surface area contributed by atoms with E-state index in [2.05, 4.69) is 15.8 Å². The van der Waals surface area contributed by atoms with E-state index in [0.29, 0.717) is 11.6 Å². The number of rotatable bonds is 5. The first-order valence-electron chi connectivity index (χ1n) is 7.38. The third kappa shape index (κ3) is 3.87. The second-order valence-electron chi connectivity index (χ2n) is 5.46. The molecule has 23 heavy (non-hydrogen) atoms. The van der Waals surface area contributed by atoms with Crippen LogP contribution in [0.4, 0.5) is 5.13 Å². The second kappa shape index (κ2) is 6.78. The highest BCUT2D eigenvalue weighted by Gasteiger charge is 2.33. The Morgan fingerprint density at radius 1 is 1.39 bits per heavy atom. The molecule has 1 aliphatic rings. The number of esters is 1. The molecule has 2 N–H and O–H groups in total. The van der Waals surface area contributed by atoms with Gasteiger partial charge >= 0.3 is 5.97 Å². The largest absolute Gasteiger partial charge is 0.462 e. The number of hydrazine groups is 1. The van der Waals surface area contributed by atoms with Crippen LogP contribution in [0.15, 0.2) is 35.7 Å². The van der Waals surface area contributed by atoms with Crippen molar-refractivity contribution in [2.75, 3.05) is 5.43 Å². The molecule has 1 saturated heterocycles. The van der Waals surface area contributed by atoms with E-state index >= 15 is 0 Å². The molecule has 0 unspecified atom stereocenters. The summed E-state index contributed by atoms with van der Waals surface area (Å²) in [6.45, 7) is 1.83. The lowest BCUT2D eigenvalue weighted by atomic mass is 10.0. The molecule has 0 spiro atoms. The van der Waals surface area contributed by atoms with Crippen LogP contribution in [0, 0.1) is 5.92 Å². The van der Waals surface area contributed by atoms with Crippen molar-refractivity contribution in [1.82, 2.24) is 10.4 Å². The molecule has 1 amide bonds. The first kappa shape index (κ1) is 15.5. The zero-order valence-corrected chi connectivity index (χ0v) is 13.4. The number of aromatic nitrogens is 1. The first-order valence-corrected chi connectivity index (χ1v) is 8.26. The number of amides is 1. The van der Waals surface area contributed by atoms with Crippen molar-refractivity contribution < 1.29 is 14.3 Å². The Balaban J connectivity index is 1.52. The fourth-order valence-electron chi connectivity index (χ4n) is 2.48. The van der Waals surface area contributed by atoms with Crippen LogP contribution in [-0.2, 0) is 14.3 Å². The number of hydrogen-bond donors (Lipinski definition) is 2. The van der Waals surface area contributed by atoms with Gasteiger partial charge in [-0.15, -0.1) is 11.3 Å². The number of carbonyl (C=O) groups is 2. The molecule has 2 heterocycles. The highest BCUT2D eigenvalue weighted by atomic mass is 32.1. The molecule has 3 rings (SSSR count). The van der Waals surface area contributed by atoms with Gasteiger partial charge in [-0.25, -0.2) is 4.98 Å². The highest BCUT2D eigenvalue weighted by Crippen LogP contribution is 2.25. The quantitative estimate of drug-likeness (QED) is 0.650. The van der Waals surface area contributed by atoms with Crippen LogP contribution >= 0.6 is 11.3 Å². The number of nitrogens with one attached hydrogen (secondary N) is 2. The van der Waals surface area contributed by atoms with Gasteiger partial charge in [0, 0.05) is 17.4 Å². The summed E-state index contributed by atoms with van der Waals surface area (Å²) in [5.74, 6) is -0.909. The maximum Gasteiger partial charge on any atom is 0.309 e. The van der Waals surface area contributed by atoms with Crippen LogP contribution in [0.5, 0.6) is 0 Å². The van der Waals surface area contributed by atoms with Crippen molar-refractivity contribution >= 4 is 28.3 Å².